The Balaban J connectivity index is 1.42. The molecular weight excluding hydrogens is 430 g/mol. The Kier molecular flexibility index (Phi) is 6.31. The van der Waals surface area contributed by atoms with Crippen LogP contribution in [0.5, 0.6) is 0 Å². The van der Waals surface area contributed by atoms with Crippen molar-refractivity contribution in [2.75, 3.05) is 31.7 Å². The molecule has 1 aromatic heterocycles. The van der Waals surface area contributed by atoms with E-state index in [1.165, 1.54) is 6.07 Å². The van der Waals surface area contributed by atoms with Crippen LogP contribution in [0.1, 0.15) is 18.4 Å². The van der Waals surface area contributed by atoms with Crippen LogP contribution in [-0.4, -0.2) is 47.3 Å². The largest absolute Gasteiger partial charge is 0.378 e. The average molecular weight is 456 g/mol. The van der Waals surface area contributed by atoms with Crippen LogP contribution in [-0.2, 0) is 4.74 Å². The smallest absolute Gasteiger partial charge is 0.270 e. The van der Waals surface area contributed by atoms with Crippen LogP contribution in [0.3, 0.4) is 0 Å². The lowest BCUT2D eigenvalue weighted by Gasteiger charge is -2.31. The first kappa shape index (κ1) is 21.8. The molecule has 0 unspecified atom stereocenters. The van der Waals surface area contributed by atoms with Crippen LogP contribution < -0.4 is 5.43 Å². The number of ether oxygens (including phenoxy) is 1. The van der Waals surface area contributed by atoms with E-state index in [9.17, 15) is 10.1 Å². The van der Waals surface area contributed by atoms with Crippen LogP contribution in [0.2, 0.25) is 0 Å². The van der Waals surface area contributed by atoms with Gasteiger partial charge in [-0.1, -0.05) is 30.3 Å². The molecule has 34 heavy (non-hydrogen) atoms. The Morgan fingerprint density at radius 1 is 1.06 bits per heavy atom. The molecule has 3 aromatic rings. The molecular formula is C26H25N5O3. The van der Waals surface area contributed by atoms with Crippen molar-refractivity contribution in [3.8, 4) is 0 Å². The van der Waals surface area contributed by atoms with Crippen molar-refractivity contribution in [1.82, 2.24) is 9.88 Å². The number of nitrogens with one attached hydrogen (secondary N) is 1. The zero-order valence-electron chi connectivity index (χ0n) is 18.7. The van der Waals surface area contributed by atoms with E-state index >= 15 is 0 Å². The molecule has 8 heteroatoms. The Labute approximate surface area is 197 Å². The Bertz CT molecular complexity index is 1310. The number of benzene rings is 2. The second-order valence-corrected chi connectivity index (χ2v) is 8.25. The fourth-order valence-electron chi connectivity index (χ4n) is 4.41. The Morgan fingerprint density at radius 2 is 1.91 bits per heavy atom. The lowest BCUT2D eigenvalue weighted by molar-refractivity contribution is -0.384. The van der Waals surface area contributed by atoms with Crippen molar-refractivity contribution >= 4 is 34.7 Å². The number of nitro groups is 1. The molecule has 0 radical (unpaired) electrons. The van der Waals surface area contributed by atoms with E-state index in [2.05, 4.69) is 26.5 Å². The first-order valence-corrected chi connectivity index (χ1v) is 11.3. The van der Waals surface area contributed by atoms with Gasteiger partial charge in [0.05, 0.1) is 29.9 Å². The van der Waals surface area contributed by atoms with Gasteiger partial charge in [0.1, 0.15) is 5.82 Å². The van der Waals surface area contributed by atoms with E-state index in [1.54, 1.807) is 12.1 Å². The summed E-state index contributed by atoms with van der Waals surface area (Å²) in [7, 11) is 0. The predicted octanol–water partition coefficient (Wildman–Crippen LogP) is 5.00. The number of anilines is 1. The number of para-hydroxylation sites is 1. The van der Waals surface area contributed by atoms with E-state index in [1.807, 2.05) is 48.7 Å². The number of fused-ring (bicyclic) bond motifs is 1. The van der Waals surface area contributed by atoms with Crippen LogP contribution in [0, 0.1) is 10.1 Å². The van der Waals surface area contributed by atoms with E-state index in [0.29, 0.717) is 19.0 Å². The lowest BCUT2D eigenvalue weighted by Crippen LogP contribution is -2.36. The highest BCUT2D eigenvalue weighted by atomic mass is 16.6. The molecule has 1 saturated heterocycles. The summed E-state index contributed by atoms with van der Waals surface area (Å²) in [6.07, 6.45) is 5.63. The summed E-state index contributed by atoms with van der Waals surface area (Å²) in [4.78, 5) is 17.8. The van der Waals surface area contributed by atoms with Gasteiger partial charge in [0.15, 0.2) is 0 Å². The number of nitrogens with zero attached hydrogens (tertiary/aromatic N) is 4. The summed E-state index contributed by atoms with van der Waals surface area (Å²) in [6.45, 7) is 2.96. The van der Waals surface area contributed by atoms with Gasteiger partial charge in [-0.05, 0) is 53.8 Å². The number of non-ortho nitro benzene ring substituents is 1. The van der Waals surface area contributed by atoms with Gasteiger partial charge < -0.3 is 9.64 Å². The molecule has 0 bridgehead atoms. The number of rotatable bonds is 6. The summed E-state index contributed by atoms with van der Waals surface area (Å²) in [5.74, 6) is 0.689. The summed E-state index contributed by atoms with van der Waals surface area (Å²) in [5.41, 5.74) is 8.33. The number of morpholine rings is 1. The maximum absolute atomic E-state index is 11.2. The van der Waals surface area contributed by atoms with E-state index in [-0.39, 0.29) is 10.6 Å². The zero-order valence-corrected chi connectivity index (χ0v) is 18.7. The summed E-state index contributed by atoms with van der Waals surface area (Å²) < 4.78 is 5.55. The normalized spacial score (nSPS) is 17.8. The molecule has 5 rings (SSSR count). The highest BCUT2D eigenvalue weighted by molar-refractivity contribution is 5.85. The Hall–Kier alpha value is -4.04. The van der Waals surface area contributed by atoms with Gasteiger partial charge in [-0.2, -0.15) is 5.10 Å². The van der Waals surface area contributed by atoms with Crippen LogP contribution in [0.15, 0.2) is 82.6 Å². The monoisotopic (exact) mass is 455 g/mol. The first-order chi connectivity index (χ1) is 16.7. The van der Waals surface area contributed by atoms with E-state index in [0.717, 1.165) is 59.2 Å². The van der Waals surface area contributed by atoms with E-state index < -0.39 is 0 Å². The van der Waals surface area contributed by atoms with E-state index in [4.69, 9.17) is 4.74 Å². The molecule has 0 saturated carbocycles. The number of nitro benzene ring substituents is 1. The van der Waals surface area contributed by atoms with Crippen LogP contribution >= 0.6 is 0 Å². The highest BCUT2D eigenvalue weighted by Gasteiger charge is 2.25. The summed E-state index contributed by atoms with van der Waals surface area (Å²) in [6, 6.07) is 18.7. The quantitative estimate of drug-likeness (QED) is 0.319. The second kappa shape index (κ2) is 9.84. The molecule has 1 aliphatic carbocycles. The fraction of sp³-hybridized carbons (Fsp3) is 0.231. The molecule has 2 aliphatic rings. The summed E-state index contributed by atoms with van der Waals surface area (Å²) >= 11 is 0. The molecule has 0 spiro atoms. The first-order valence-electron chi connectivity index (χ1n) is 11.3. The number of hydrogen-bond donors (Lipinski definition) is 1. The van der Waals surface area contributed by atoms with Gasteiger partial charge in [0.25, 0.3) is 5.69 Å². The van der Waals surface area contributed by atoms with Gasteiger partial charge >= 0.3 is 0 Å². The third-order valence-corrected chi connectivity index (χ3v) is 6.02. The van der Waals surface area contributed by atoms with Gasteiger partial charge in [-0.25, -0.2) is 4.98 Å². The SMILES string of the molecule is O=[N+]([O-])c1cccc(/C=C2/CCC(C=NNc3ccc4ccccc4n3)=C2N2CCOCC2)c1. The number of allylic oxidation sites excluding steroid dienone is 2. The molecule has 2 aromatic carbocycles. The molecule has 0 atom stereocenters. The van der Waals surface area contributed by atoms with Gasteiger partial charge in [0, 0.05) is 36.3 Å². The van der Waals surface area contributed by atoms with Crippen LogP contribution in [0.4, 0.5) is 11.5 Å². The number of pyridine rings is 1. The average Bonchev–Trinajstić information content (AvgIpc) is 3.26. The minimum atomic E-state index is -0.361. The van der Waals surface area contributed by atoms with Crippen molar-refractivity contribution in [2.45, 2.75) is 12.8 Å². The van der Waals surface area contributed by atoms with Crippen molar-refractivity contribution in [1.29, 1.82) is 0 Å². The maximum atomic E-state index is 11.2. The fourth-order valence-corrected chi connectivity index (χ4v) is 4.41. The zero-order chi connectivity index (χ0) is 23.3. The maximum Gasteiger partial charge on any atom is 0.270 e. The Morgan fingerprint density at radius 3 is 2.76 bits per heavy atom. The molecule has 0 amide bonds. The third-order valence-electron chi connectivity index (χ3n) is 6.02. The summed E-state index contributed by atoms with van der Waals surface area (Å²) in [5, 5.41) is 16.8. The molecule has 2 heterocycles. The van der Waals surface area contributed by atoms with Crippen molar-refractivity contribution in [3.63, 3.8) is 0 Å². The molecule has 1 aliphatic heterocycles. The number of hydrogen-bond acceptors (Lipinski definition) is 7. The van der Waals surface area contributed by atoms with Gasteiger partial charge in [-0.15, -0.1) is 0 Å². The van der Waals surface area contributed by atoms with Gasteiger partial charge in [-0.3, -0.25) is 15.5 Å². The van der Waals surface area contributed by atoms with Gasteiger partial charge in [0.2, 0.25) is 0 Å². The molecule has 8 nitrogen and oxygen atoms in total. The number of hydrazone groups is 1. The second-order valence-electron chi connectivity index (χ2n) is 8.25. The minimum absolute atomic E-state index is 0.0955. The van der Waals surface area contributed by atoms with Crippen molar-refractivity contribution in [2.24, 2.45) is 5.10 Å². The molecule has 172 valence electrons. The van der Waals surface area contributed by atoms with Crippen molar-refractivity contribution < 1.29 is 9.66 Å². The molecule has 1 N–H and O–H groups in total. The molecule has 1 fully saturated rings. The van der Waals surface area contributed by atoms with Crippen molar-refractivity contribution in [3.05, 3.63) is 93.2 Å². The predicted molar refractivity (Wildman–Crippen MR) is 134 cm³/mol. The third kappa shape index (κ3) is 4.82. The number of aromatic nitrogens is 1. The highest BCUT2D eigenvalue weighted by Crippen LogP contribution is 2.35. The standard InChI is InChI=1S/C26H25N5O3/c32-31(33)23-6-3-4-19(17-23)16-21-8-9-22(26(21)30-12-14-34-15-13-30)18-27-29-25-11-10-20-5-1-2-7-24(20)28-25/h1-7,10-11,16-18H,8-9,12-15H2,(H,28,29)/b21-16-,27-18?. The van der Waals surface area contributed by atoms with Crippen LogP contribution in [0.25, 0.3) is 17.0 Å². The lowest BCUT2D eigenvalue weighted by atomic mass is 10.1. The topological polar surface area (TPSA) is 92.9 Å². The minimum Gasteiger partial charge on any atom is -0.378 e.